The molecule has 1 aromatic carbocycles. The highest BCUT2D eigenvalue weighted by Gasteiger charge is 2.27. The van der Waals surface area contributed by atoms with Crippen LogP contribution in [0.25, 0.3) is 0 Å². The molecule has 150 valence electrons. The van der Waals surface area contributed by atoms with E-state index in [0.29, 0.717) is 19.6 Å². The molecule has 0 amide bonds. The van der Waals surface area contributed by atoms with E-state index in [4.69, 9.17) is 4.74 Å². The van der Waals surface area contributed by atoms with Crippen LogP contribution < -0.4 is 4.74 Å². The third-order valence-corrected chi connectivity index (χ3v) is 5.78. The van der Waals surface area contributed by atoms with E-state index in [0.717, 1.165) is 12.5 Å². The zero-order valence-electron chi connectivity index (χ0n) is 16.2. The van der Waals surface area contributed by atoms with E-state index in [2.05, 4.69) is 25.5 Å². The number of rotatable bonds is 10. The molecule has 0 N–H and O–H groups in total. The third-order valence-electron chi connectivity index (χ3n) is 3.65. The zero-order valence-corrected chi connectivity index (χ0v) is 17.0. The summed E-state index contributed by atoms with van der Waals surface area (Å²) in [5.74, 6) is -0.230. The molecule has 0 unspecified atom stereocenters. The van der Waals surface area contributed by atoms with Crippen LogP contribution in [-0.2, 0) is 14.6 Å². The molecule has 0 aliphatic rings. The molecular weight excluding hydrogens is 362 g/mol. The summed E-state index contributed by atoms with van der Waals surface area (Å²) in [6.07, 6.45) is 1.44. The van der Waals surface area contributed by atoms with E-state index in [9.17, 15) is 17.2 Å². The normalized spacial score (nSPS) is 13.2. The van der Waals surface area contributed by atoms with Gasteiger partial charge in [0.1, 0.15) is 5.75 Å². The van der Waals surface area contributed by atoms with Gasteiger partial charge < -0.3 is 9.47 Å². The Bertz CT molecular complexity index is 664. The second-order valence-electron chi connectivity index (χ2n) is 8.49. The molecule has 0 atom stereocenters. The molecule has 1 rings (SSSR count). The van der Waals surface area contributed by atoms with E-state index in [1.807, 2.05) is 13.8 Å². The average molecular weight is 393 g/mol. The van der Waals surface area contributed by atoms with Crippen LogP contribution in [0.4, 0.5) is 8.78 Å². The van der Waals surface area contributed by atoms with Crippen molar-refractivity contribution in [2.24, 2.45) is 10.8 Å². The Balaban J connectivity index is 2.64. The van der Waals surface area contributed by atoms with Gasteiger partial charge in [0.15, 0.2) is 9.84 Å². The largest absolute Gasteiger partial charge is 0.435 e. The van der Waals surface area contributed by atoms with Gasteiger partial charge in [-0.25, -0.2) is 8.42 Å². The number of halogens is 2. The standard InChI is InChI=1S/C19H30F2O4S/c1-18(2,3)13-24-11-7-10-19(4,5)14-26(22,23)16-9-6-8-15(12-16)25-17(20)21/h6,8-9,12,17H,7,10-11,13-14H2,1-5H3. The van der Waals surface area contributed by atoms with Gasteiger partial charge in [-0.05, 0) is 41.9 Å². The SMILES string of the molecule is CC(C)(C)COCCCC(C)(C)CS(=O)(=O)c1cccc(OC(F)F)c1. The van der Waals surface area contributed by atoms with Crippen LogP contribution in [-0.4, -0.2) is 34.0 Å². The van der Waals surface area contributed by atoms with Crippen molar-refractivity contribution in [3.8, 4) is 5.75 Å². The topological polar surface area (TPSA) is 52.6 Å². The molecule has 0 aliphatic carbocycles. The molecule has 0 saturated carbocycles. The molecule has 7 heteroatoms. The Morgan fingerprint density at radius 1 is 1.12 bits per heavy atom. The van der Waals surface area contributed by atoms with Crippen molar-refractivity contribution in [1.29, 1.82) is 0 Å². The van der Waals surface area contributed by atoms with E-state index in [1.165, 1.54) is 18.2 Å². The monoisotopic (exact) mass is 392 g/mol. The molecule has 0 spiro atoms. The maximum atomic E-state index is 12.6. The highest BCUT2D eigenvalue weighted by Crippen LogP contribution is 2.29. The molecular formula is C19H30F2O4S. The predicted octanol–water partition coefficient (Wildman–Crippen LogP) is 4.93. The van der Waals surface area contributed by atoms with Crippen molar-refractivity contribution in [3.63, 3.8) is 0 Å². The minimum atomic E-state index is -3.61. The molecule has 0 aliphatic heterocycles. The molecule has 0 radical (unpaired) electrons. The Hall–Kier alpha value is -1.21. The number of hydrogen-bond acceptors (Lipinski definition) is 4. The van der Waals surface area contributed by atoms with E-state index in [-0.39, 0.29) is 21.8 Å². The van der Waals surface area contributed by atoms with Crippen molar-refractivity contribution >= 4 is 9.84 Å². The van der Waals surface area contributed by atoms with Crippen LogP contribution in [0, 0.1) is 10.8 Å². The summed E-state index contributed by atoms with van der Waals surface area (Å²) in [7, 11) is -3.61. The molecule has 4 nitrogen and oxygen atoms in total. The Morgan fingerprint density at radius 3 is 2.35 bits per heavy atom. The van der Waals surface area contributed by atoms with Gasteiger partial charge in [0.05, 0.1) is 17.3 Å². The van der Waals surface area contributed by atoms with Crippen molar-refractivity contribution in [2.45, 2.75) is 59.0 Å². The fourth-order valence-electron chi connectivity index (χ4n) is 2.54. The van der Waals surface area contributed by atoms with Crippen LogP contribution in [0.5, 0.6) is 5.75 Å². The van der Waals surface area contributed by atoms with Gasteiger partial charge in [-0.3, -0.25) is 0 Å². The number of sulfone groups is 1. The molecule has 0 saturated heterocycles. The molecule has 0 aromatic heterocycles. The molecule has 1 aromatic rings. The van der Waals surface area contributed by atoms with Gasteiger partial charge in [-0.15, -0.1) is 0 Å². The summed E-state index contributed by atoms with van der Waals surface area (Å²) in [4.78, 5) is -0.00675. The van der Waals surface area contributed by atoms with Crippen molar-refractivity contribution < 1.29 is 26.7 Å². The summed E-state index contributed by atoms with van der Waals surface area (Å²) in [5, 5.41) is 0. The second-order valence-corrected chi connectivity index (χ2v) is 10.5. The Labute approximate surface area is 155 Å². The zero-order chi connectivity index (χ0) is 20.0. The van der Waals surface area contributed by atoms with Crippen LogP contribution in [0.3, 0.4) is 0 Å². The summed E-state index contributed by atoms with van der Waals surface area (Å²) in [5.41, 5.74) is -0.353. The second kappa shape index (κ2) is 9.13. The lowest BCUT2D eigenvalue weighted by molar-refractivity contribution is -0.0499. The van der Waals surface area contributed by atoms with Gasteiger partial charge in [-0.1, -0.05) is 40.7 Å². The van der Waals surface area contributed by atoms with Gasteiger partial charge in [0.25, 0.3) is 0 Å². The summed E-state index contributed by atoms with van der Waals surface area (Å²) in [6.45, 7) is 8.29. The molecule has 0 fully saturated rings. The van der Waals surface area contributed by atoms with Crippen molar-refractivity contribution in [3.05, 3.63) is 24.3 Å². The molecule has 0 bridgehead atoms. The van der Waals surface area contributed by atoms with E-state index >= 15 is 0 Å². The first kappa shape index (κ1) is 22.8. The van der Waals surface area contributed by atoms with Crippen LogP contribution >= 0.6 is 0 Å². The maximum absolute atomic E-state index is 12.6. The van der Waals surface area contributed by atoms with Gasteiger partial charge in [0.2, 0.25) is 0 Å². The predicted molar refractivity (Wildman–Crippen MR) is 98.4 cm³/mol. The van der Waals surface area contributed by atoms with Crippen molar-refractivity contribution in [1.82, 2.24) is 0 Å². The first-order chi connectivity index (χ1) is 11.8. The summed E-state index contributed by atoms with van der Waals surface area (Å²) in [6, 6.07) is 5.25. The number of alkyl halides is 2. The Kier molecular flexibility index (Phi) is 8.02. The Morgan fingerprint density at radius 2 is 1.77 bits per heavy atom. The smallest absolute Gasteiger partial charge is 0.387 e. The lowest BCUT2D eigenvalue weighted by atomic mass is 9.90. The summed E-state index contributed by atoms with van der Waals surface area (Å²) < 4.78 is 59.8. The van der Waals surface area contributed by atoms with E-state index < -0.39 is 21.9 Å². The maximum Gasteiger partial charge on any atom is 0.387 e. The molecule has 0 heterocycles. The van der Waals surface area contributed by atoms with Gasteiger partial charge in [-0.2, -0.15) is 8.78 Å². The summed E-state index contributed by atoms with van der Waals surface area (Å²) >= 11 is 0. The molecule has 26 heavy (non-hydrogen) atoms. The van der Waals surface area contributed by atoms with Gasteiger partial charge in [0, 0.05) is 6.61 Å². The minimum absolute atomic E-state index is 0.00675. The first-order valence-electron chi connectivity index (χ1n) is 8.66. The van der Waals surface area contributed by atoms with Crippen LogP contribution in [0.15, 0.2) is 29.2 Å². The van der Waals surface area contributed by atoms with Crippen LogP contribution in [0.2, 0.25) is 0 Å². The lowest BCUT2D eigenvalue weighted by Gasteiger charge is -2.25. The van der Waals surface area contributed by atoms with Gasteiger partial charge >= 0.3 is 6.61 Å². The lowest BCUT2D eigenvalue weighted by Crippen LogP contribution is -2.25. The highest BCUT2D eigenvalue weighted by atomic mass is 32.2. The minimum Gasteiger partial charge on any atom is -0.435 e. The fraction of sp³-hybridized carbons (Fsp3) is 0.684. The van der Waals surface area contributed by atoms with E-state index in [1.54, 1.807) is 0 Å². The fourth-order valence-corrected chi connectivity index (χ4v) is 4.47. The third kappa shape index (κ3) is 8.94. The number of benzene rings is 1. The van der Waals surface area contributed by atoms with Crippen molar-refractivity contribution in [2.75, 3.05) is 19.0 Å². The van der Waals surface area contributed by atoms with Crippen LogP contribution in [0.1, 0.15) is 47.5 Å². The quantitative estimate of drug-likeness (QED) is 0.530. The number of hydrogen-bond donors (Lipinski definition) is 0. The highest BCUT2D eigenvalue weighted by molar-refractivity contribution is 7.91. The number of ether oxygens (including phenoxy) is 2. The first-order valence-corrected chi connectivity index (χ1v) is 10.3. The average Bonchev–Trinajstić information content (AvgIpc) is 2.44.